The number of benzene rings is 2. The van der Waals surface area contributed by atoms with E-state index in [0.29, 0.717) is 37.5 Å². The number of ether oxygens (including phenoxy) is 3. The predicted molar refractivity (Wildman–Crippen MR) is 131 cm³/mol. The number of aryl methyl sites for hydroxylation is 1. The Morgan fingerprint density at radius 3 is 2.46 bits per heavy atom. The monoisotopic (exact) mass is 482 g/mol. The van der Waals surface area contributed by atoms with Crippen molar-refractivity contribution in [3.05, 3.63) is 59.7 Å². The van der Waals surface area contributed by atoms with Crippen molar-refractivity contribution in [3.63, 3.8) is 0 Å². The summed E-state index contributed by atoms with van der Waals surface area (Å²) >= 11 is 0. The Hall–Kier alpha value is -3.39. The topological polar surface area (TPSA) is 85.4 Å². The van der Waals surface area contributed by atoms with Gasteiger partial charge in [0.05, 0.1) is 19.1 Å². The van der Waals surface area contributed by atoms with Crippen molar-refractivity contribution in [2.75, 3.05) is 47.6 Å². The van der Waals surface area contributed by atoms with Crippen LogP contribution in [0.4, 0.5) is 0 Å². The molecule has 0 spiro atoms. The van der Waals surface area contributed by atoms with Gasteiger partial charge in [0.2, 0.25) is 17.7 Å². The molecule has 3 rings (SSSR count). The smallest absolute Gasteiger partial charge is 0.241 e. The lowest BCUT2D eigenvalue weighted by Crippen LogP contribution is -2.43. The Labute approximate surface area is 206 Å². The second kappa shape index (κ2) is 11.8. The van der Waals surface area contributed by atoms with E-state index in [9.17, 15) is 14.4 Å². The Bertz CT molecular complexity index is 1040. The number of para-hydroxylation sites is 1. The molecule has 1 atom stereocenters. The molecular formula is C27H34N2O6. The average molecular weight is 483 g/mol. The summed E-state index contributed by atoms with van der Waals surface area (Å²) < 4.78 is 16.3. The van der Waals surface area contributed by atoms with Crippen molar-refractivity contribution in [3.8, 4) is 11.5 Å². The van der Waals surface area contributed by atoms with E-state index in [-0.39, 0.29) is 37.1 Å². The summed E-state index contributed by atoms with van der Waals surface area (Å²) in [4.78, 5) is 42.7. The summed E-state index contributed by atoms with van der Waals surface area (Å²) in [5.74, 6) is 0.287. The van der Waals surface area contributed by atoms with Crippen LogP contribution in [-0.2, 0) is 24.5 Å². The molecule has 35 heavy (non-hydrogen) atoms. The first kappa shape index (κ1) is 26.2. The lowest BCUT2D eigenvalue weighted by molar-refractivity contribution is -0.142. The van der Waals surface area contributed by atoms with Gasteiger partial charge in [0.1, 0.15) is 18.1 Å². The van der Waals surface area contributed by atoms with Crippen LogP contribution in [0.2, 0.25) is 0 Å². The van der Waals surface area contributed by atoms with Gasteiger partial charge in [-0.25, -0.2) is 0 Å². The van der Waals surface area contributed by atoms with Crippen LogP contribution in [0.15, 0.2) is 48.5 Å². The molecule has 0 aromatic heterocycles. The van der Waals surface area contributed by atoms with Crippen molar-refractivity contribution in [2.24, 2.45) is 0 Å². The second-order valence-corrected chi connectivity index (χ2v) is 8.81. The number of nitrogens with zero attached hydrogens (tertiary/aromatic N) is 2. The molecular weight excluding hydrogens is 448 g/mol. The van der Waals surface area contributed by atoms with Gasteiger partial charge in [-0.3, -0.25) is 19.3 Å². The van der Waals surface area contributed by atoms with Crippen LogP contribution in [0.25, 0.3) is 0 Å². The summed E-state index contributed by atoms with van der Waals surface area (Å²) in [7, 11) is 4.76. The van der Waals surface area contributed by atoms with Gasteiger partial charge in [0, 0.05) is 45.7 Å². The van der Waals surface area contributed by atoms with Crippen LogP contribution in [0.1, 0.15) is 30.4 Å². The molecule has 0 saturated carbocycles. The predicted octanol–water partition coefficient (Wildman–Crippen LogP) is 2.96. The number of carbonyl (C=O) groups is 3. The summed E-state index contributed by atoms with van der Waals surface area (Å²) in [5.41, 5.74) is 0.367. The molecule has 2 aromatic rings. The van der Waals surface area contributed by atoms with Crippen LogP contribution in [0.5, 0.6) is 11.5 Å². The molecule has 8 heteroatoms. The van der Waals surface area contributed by atoms with E-state index in [0.717, 1.165) is 11.3 Å². The van der Waals surface area contributed by atoms with E-state index >= 15 is 0 Å². The van der Waals surface area contributed by atoms with Gasteiger partial charge < -0.3 is 19.1 Å². The van der Waals surface area contributed by atoms with Gasteiger partial charge >= 0.3 is 0 Å². The van der Waals surface area contributed by atoms with Crippen molar-refractivity contribution in [2.45, 2.75) is 31.6 Å². The average Bonchev–Trinajstić information content (AvgIpc) is 3.09. The Morgan fingerprint density at radius 1 is 1.06 bits per heavy atom. The Kier molecular flexibility index (Phi) is 8.87. The van der Waals surface area contributed by atoms with Crippen LogP contribution in [0.3, 0.4) is 0 Å². The molecule has 1 unspecified atom stereocenters. The van der Waals surface area contributed by atoms with E-state index in [1.807, 2.05) is 31.2 Å². The van der Waals surface area contributed by atoms with E-state index in [1.165, 1.54) is 16.9 Å². The molecule has 0 radical (unpaired) electrons. The van der Waals surface area contributed by atoms with Crippen LogP contribution < -0.4 is 9.47 Å². The van der Waals surface area contributed by atoms with Crippen LogP contribution >= 0.6 is 0 Å². The van der Waals surface area contributed by atoms with Crippen molar-refractivity contribution in [1.29, 1.82) is 0 Å². The fraction of sp³-hybridized carbons (Fsp3) is 0.444. The first-order valence-corrected chi connectivity index (χ1v) is 11.7. The minimum Gasteiger partial charge on any atom is -0.496 e. The highest BCUT2D eigenvalue weighted by molar-refractivity contribution is 6.11. The van der Waals surface area contributed by atoms with Gasteiger partial charge in [-0.1, -0.05) is 35.9 Å². The van der Waals surface area contributed by atoms with Gasteiger partial charge in [-0.05, 0) is 31.5 Å². The maximum Gasteiger partial charge on any atom is 0.241 e. The number of methoxy groups -OCH3 is 2. The highest BCUT2D eigenvalue weighted by atomic mass is 16.5. The summed E-state index contributed by atoms with van der Waals surface area (Å²) in [6.07, 6.45) is 0.304. The maximum absolute atomic E-state index is 13.7. The summed E-state index contributed by atoms with van der Waals surface area (Å²) in [6.45, 7) is 3.33. The Balaban J connectivity index is 1.78. The Morgan fingerprint density at radius 2 is 1.77 bits per heavy atom. The SMILES string of the molecule is COCCCN1C(=O)CC(CC(=O)N(C)CCOc2ccc(C)cc2)(c2ccccc2OC)C1=O. The van der Waals surface area contributed by atoms with Gasteiger partial charge in [0.15, 0.2) is 0 Å². The first-order chi connectivity index (χ1) is 16.8. The van der Waals surface area contributed by atoms with E-state index in [4.69, 9.17) is 14.2 Å². The number of likely N-dealkylation sites (N-methyl/N-ethyl adjacent to an activating group) is 1. The van der Waals surface area contributed by atoms with Crippen molar-refractivity contribution in [1.82, 2.24) is 9.80 Å². The molecule has 1 aliphatic rings. The lowest BCUT2D eigenvalue weighted by Gasteiger charge is -2.30. The van der Waals surface area contributed by atoms with Gasteiger partial charge in [-0.15, -0.1) is 0 Å². The number of amides is 3. The fourth-order valence-corrected chi connectivity index (χ4v) is 4.33. The molecule has 1 heterocycles. The number of rotatable bonds is 12. The van der Waals surface area contributed by atoms with E-state index < -0.39 is 5.41 Å². The van der Waals surface area contributed by atoms with E-state index in [1.54, 1.807) is 38.4 Å². The maximum atomic E-state index is 13.7. The minimum atomic E-state index is -1.32. The molecule has 2 aromatic carbocycles. The highest BCUT2D eigenvalue weighted by Gasteiger charge is 2.54. The molecule has 3 amide bonds. The molecule has 1 fully saturated rings. The van der Waals surface area contributed by atoms with Crippen LogP contribution in [-0.4, -0.2) is 75.1 Å². The zero-order valence-electron chi connectivity index (χ0n) is 20.9. The third-order valence-corrected chi connectivity index (χ3v) is 6.36. The molecule has 1 saturated heterocycles. The zero-order valence-corrected chi connectivity index (χ0v) is 20.9. The number of imide groups is 1. The molecule has 1 aliphatic heterocycles. The second-order valence-electron chi connectivity index (χ2n) is 8.81. The normalized spacial score (nSPS) is 17.5. The molecule has 0 N–H and O–H groups in total. The number of likely N-dealkylation sites (tertiary alicyclic amines) is 1. The van der Waals surface area contributed by atoms with Crippen LogP contribution in [0, 0.1) is 6.92 Å². The molecule has 8 nitrogen and oxygen atoms in total. The molecule has 0 aliphatic carbocycles. The number of hydrogen-bond donors (Lipinski definition) is 0. The third-order valence-electron chi connectivity index (χ3n) is 6.36. The van der Waals surface area contributed by atoms with Crippen molar-refractivity contribution >= 4 is 17.7 Å². The standard InChI is InChI=1S/C27H34N2O6/c1-20-10-12-21(13-11-20)35-17-15-28(2)24(30)18-27(22-8-5-6-9-23(22)34-4)19-25(31)29(26(27)32)14-7-16-33-3/h5-6,8-13H,7,14-19H2,1-4H3. The first-order valence-electron chi connectivity index (χ1n) is 11.7. The quantitative estimate of drug-likeness (QED) is 0.342. The summed E-state index contributed by atoms with van der Waals surface area (Å²) in [6, 6.07) is 14.8. The lowest BCUT2D eigenvalue weighted by atomic mass is 9.75. The number of hydrogen-bond acceptors (Lipinski definition) is 6. The van der Waals surface area contributed by atoms with E-state index in [2.05, 4.69) is 0 Å². The molecule has 0 bridgehead atoms. The van der Waals surface area contributed by atoms with Gasteiger partial charge in [0.25, 0.3) is 0 Å². The zero-order chi connectivity index (χ0) is 25.4. The largest absolute Gasteiger partial charge is 0.496 e. The van der Waals surface area contributed by atoms with Gasteiger partial charge in [-0.2, -0.15) is 0 Å². The third kappa shape index (κ3) is 6.00. The number of carbonyl (C=O) groups excluding carboxylic acids is 3. The minimum absolute atomic E-state index is 0.0847. The summed E-state index contributed by atoms with van der Waals surface area (Å²) in [5, 5.41) is 0. The molecule has 188 valence electrons. The fourth-order valence-electron chi connectivity index (χ4n) is 4.33. The highest BCUT2D eigenvalue weighted by Crippen LogP contribution is 2.44. The van der Waals surface area contributed by atoms with Crippen molar-refractivity contribution < 1.29 is 28.6 Å².